The lowest BCUT2D eigenvalue weighted by molar-refractivity contribution is -0.252. The van der Waals surface area contributed by atoms with Crippen LogP contribution in [-0.2, 0) is 9.47 Å². The molecule has 19 fully saturated rings. The number of hydrogen-bond donors (Lipinski definition) is 0. The van der Waals surface area contributed by atoms with Gasteiger partial charge in [0.05, 0.1) is 24.9 Å². The van der Waals surface area contributed by atoms with Crippen molar-refractivity contribution in [3.8, 4) is 0 Å². The van der Waals surface area contributed by atoms with E-state index in [0.29, 0.717) is 24.2 Å². The first-order valence-electron chi connectivity index (χ1n) is 61.5. The molecule has 14 saturated carbocycles. The molecule has 0 aromatic carbocycles. The van der Waals surface area contributed by atoms with Gasteiger partial charge in [0, 0.05) is 18.1 Å². The van der Waals surface area contributed by atoms with E-state index in [1.807, 2.05) is 125 Å². The van der Waals surface area contributed by atoms with Crippen molar-refractivity contribution in [3.63, 3.8) is 0 Å². The summed E-state index contributed by atoms with van der Waals surface area (Å²) >= 11 is 0. The van der Waals surface area contributed by atoms with Crippen LogP contribution in [0.5, 0.6) is 0 Å². The van der Waals surface area contributed by atoms with Crippen LogP contribution in [-0.4, -0.2) is 47.9 Å². The zero-order valence-corrected chi connectivity index (χ0v) is 103. The van der Waals surface area contributed by atoms with Gasteiger partial charge in [-0.3, -0.25) is 4.90 Å². The molecule has 0 aromatic rings. The number of nitrogens with zero attached hydrogens (tertiary/aromatic N) is 1. The van der Waals surface area contributed by atoms with E-state index in [0.717, 1.165) is 209 Å². The fraction of sp³-hybridized carbons (Fsp3) is 1.00. The first-order valence-corrected chi connectivity index (χ1v) is 61.5. The van der Waals surface area contributed by atoms with Gasteiger partial charge in [-0.25, -0.2) is 0 Å². The maximum absolute atomic E-state index is 6.02. The Morgan fingerprint density at radius 1 is 0.203 bits per heavy atom. The van der Waals surface area contributed by atoms with Gasteiger partial charge in [0.25, 0.3) is 0 Å². The molecule has 19 aliphatic rings. The average Bonchev–Trinajstić information content (AvgIpc) is 1.61. The highest BCUT2D eigenvalue weighted by molar-refractivity contribution is 5.19. The number of piperidine rings is 1. The monoisotopic (exact) mass is 1870 g/mol. The molecule has 14 bridgehead atoms. The van der Waals surface area contributed by atoms with E-state index in [2.05, 4.69) is 254 Å². The second-order valence-corrected chi connectivity index (χ2v) is 52.0. The standard InChI is InChI=1S/2C14H26.C13H25N.C13H24.C12H22O.C12H22.C12H24.C11H22O.C11H20.9C2H6/c1-11(2)13-5-8-14(9-6-13,10-7-13)12(3)4;1-11(2)13-6-5-7-14(10-13,9-8-13)12(3)4;1-9(2)11-7-12-5-6-13(8-11)14(12)10(3)4;1-10(2)12-5-7-13(9-12,8-6-12)11(3)4;1-7(2)9-5-12-10(8(3)4)6-11(9)13-12;1-9(2)11-5-6-12(7-11,8-11)10(3)4;1-9(2)11-5-7-12(8-6-11)10(3)4;1-8(2)10-5-6-11(9(3)4)12-7-10;1-8(2)10-5-11(6-10,7-10)9(3)4;9*1-2/h2*11-12H,5-10H2,1-4H3;9-13H,5-8H2,1-4H3;10-11H,5-9H2,1-4H3;7-12H,5-6H2,1-4H3;9-10H,5-8H2,1-4H3;9-12H,5-8H2,1-4H3;8-11H,5-7H2,1-4H3;8-9H,5-7H2,1-4H3;9*1-2H3/t;;11?,12-,13+;;;;;;;;;;;;;;;. The molecule has 0 radical (unpaired) electrons. The van der Waals surface area contributed by atoms with Gasteiger partial charge in [-0.2, -0.15) is 0 Å². The van der Waals surface area contributed by atoms with Gasteiger partial charge in [-0.1, -0.05) is 366 Å². The maximum atomic E-state index is 6.02. The molecule has 19 rings (SSSR count). The smallest absolute Gasteiger partial charge is 0.0614 e. The van der Waals surface area contributed by atoms with Gasteiger partial charge in [-0.15, -0.1) is 0 Å². The van der Waals surface area contributed by atoms with Gasteiger partial charge in [0.2, 0.25) is 0 Å². The zero-order valence-electron chi connectivity index (χ0n) is 103. The van der Waals surface area contributed by atoms with Crippen molar-refractivity contribution in [2.45, 2.75) is 641 Å². The fourth-order valence-corrected chi connectivity index (χ4v) is 29.9. The SMILES string of the molecule is CC.CC.CC.CC.CC.CC.CC.CC.CC.CC(C)C12CC(C(C)C)(C1)C2.CC(C)C12CCC(C(C)C)(C1)C2.CC(C)C12CCC(C(C)C)(CC1)C2.CC(C)C12CCC(C(C)C)(CC1)CC2.CC(C)C12CCCC(C(C)C)(CC1)C2.CC(C)C1CC2OC1CC2C(C)C.CC(C)C1CCC(C(C)C)CC1.CC(C)C1CCC(C(C)C)OC1.CC(C)C1C[C@H]2CC[C@@H](C1)N2C(C)C. The second kappa shape index (κ2) is 63.3. The molecular weight excluding hydrogens is 1610 g/mol. The highest BCUT2D eigenvalue weighted by Gasteiger charge is 2.69. The molecule has 3 heteroatoms. The van der Waals surface area contributed by atoms with Crippen LogP contribution in [0.2, 0.25) is 0 Å². The van der Waals surface area contributed by atoms with E-state index in [-0.39, 0.29) is 0 Å². The molecule has 0 N–H and O–H groups in total. The van der Waals surface area contributed by atoms with E-state index < -0.39 is 0 Å². The van der Waals surface area contributed by atoms with Crippen molar-refractivity contribution < 1.29 is 9.47 Å². The van der Waals surface area contributed by atoms with E-state index in [9.17, 15) is 0 Å². The summed E-state index contributed by atoms with van der Waals surface area (Å²) in [5.41, 5.74) is 7.66. The number of fused-ring (bicyclic) bond motifs is 12. The Morgan fingerprint density at radius 2 is 0.421 bits per heavy atom. The summed E-state index contributed by atoms with van der Waals surface area (Å²) < 4.78 is 11.8. The van der Waals surface area contributed by atoms with Crippen LogP contribution >= 0.6 is 0 Å². The summed E-state index contributed by atoms with van der Waals surface area (Å²) in [6.45, 7) is 123. The van der Waals surface area contributed by atoms with Gasteiger partial charge in [-0.05, 0) is 429 Å². The molecular formula is C130H265NO2. The van der Waals surface area contributed by atoms with Crippen LogP contribution in [0.15, 0.2) is 0 Å². The van der Waals surface area contributed by atoms with Crippen LogP contribution < -0.4 is 0 Å². The lowest BCUT2D eigenvalue weighted by atomic mass is 9.30. The molecule has 802 valence electrons. The van der Waals surface area contributed by atoms with Crippen molar-refractivity contribution in [1.29, 1.82) is 0 Å². The summed E-state index contributed by atoms with van der Waals surface area (Å²) in [6.07, 6.45) is 55.3. The first-order chi connectivity index (χ1) is 62.4. The predicted molar refractivity (Wildman–Crippen MR) is 609 cm³/mol. The molecule has 0 spiro atoms. The largest absolute Gasteiger partial charge is 0.378 e. The average molecular weight is 1870 g/mol. The molecule has 133 heavy (non-hydrogen) atoms. The first kappa shape index (κ1) is 135. The van der Waals surface area contributed by atoms with E-state index >= 15 is 0 Å². The summed E-state index contributed by atoms with van der Waals surface area (Å²) in [5.74, 6) is 20.6. The lowest BCUT2D eigenvalue weighted by Crippen LogP contribution is -2.66. The molecule has 5 heterocycles. The van der Waals surface area contributed by atoms with Crippen molar-refractivity contribution in [2.24, 2.45) is 190 Å². The van der Waals surface area contributed by atoms with E-state index in [4.69, 9.17) is 9.47 Å². The van der Waals surface area contributed by atoms with Crippen molar-refractivity contribution in [2.75, 3.05) is 6.61 Å². The Balaban J connectivity index is 0. The summed E-state index contributed by atoms with van der Waals surface area (Å²) in [7, 11) is 0. The Hall–Kier alpha value is -0.120. The number of ether oxygens (including phenoxy) is 2. The minimum Gasteiger partial charge on any atom is -0.378 e. The molecule has 0 aromatic heterocycles. The molecule has 11 atom stereocenters. The Labute approximate surface area is 847 Å². The van der Waals surface area contributed by atoms with Gasteiger partial charge >= 0.3 is 0 Å². The predicted octanol–water partition coefficient (Wildman–Crippen LogP) is 43.7. The second-order valence-electron chi connectivity index (χ2n) is 52.0. The topological polar surface area (TPSA) is 21.7 Å². The van der Waals surface area contributed by atoms with Crippen LogP contribution in [0.3, 0.4) is 0 Å². The third-order valence-corrected chi connectivity index (χ3v) is 41.5. The van der Waals surface area contributed by atoms with Gasteiger partial charge in [0.1, 0.15) is 0 Å². The molecule has 5 aliphatic heterocycles. The summed E-state index contributed by atoms with van der Waals surface area (Å²) in [4.78, 5) is 2.79. The van der Waals surface area contributed by atoms with E-state index in [1.54, 1.807) is 0 Å². The van der Waals surface area contributed by atoms with Crippen molar-refractivity contribution >= 4 is 0 Å². The Kier molecular flexibility index (Phi) is 64.2. The van der Waals surface area contributed by atoms with Crippen molar-refractivity contribution in [1.82, 2.24) is 4.90 Å². The van der Waals surface area contributed by atoms with Crippen LogP contribution in [0.4, 0.5) is 0 Å². The Bertz CT molecular complexity index is 2550. The summed E-state index contributed by atoms with van der Waals surface area (Å²) in [6, 6.07) is 2.60. The minimum absolute atomic E-state index is 0.528. The molecule has 9 unspecified atom stereocenters. The zero-order chi connectivity index (χ0) is 104. The maximum Gasteiger partial charge on any atom is 0.0614 e. The van der Waals surface area contributed by atoms with Crippen LogP contribution in [0.1, 0.15) is 605 Å². The summed E-state index contributed by atoms with van der Waals surface area (Å²) in [5, 5.41) is 0. The fourth-order valence-electron chi connectivity index (χ4n) is 29.9. The molecule has 14 aliphatic carbocycles. The third-order valence-electron chi connectivity index (χ3n) is 41.5. The van der Waals surface area contributed by atoms with Crippen molar-refractivity contribution in [3.05, 3.63) is 0 Å². The lowest BCUT2D eigenvalue weighted by Gasteiger charge is -2.75. The normalized spacial score (nSPS) is 35.7. The minimum atomic E-state index is 0.528. The Morgan fingerprint density at radius 3 is 0.609 bits per heavy atom. The molecule has 0 amide bonds. The molecule has 5 saturated heterocycles. The number of hydrogen-bond acceptors (Lipinski definition) is 3. The van der Waals surface area contributed by atoms with Gasteiger partial charge in [0.15, 0.2) is 0 Å². The molecule has 3 nitrogen and oxygen atoms in total. The van der Waals surface area contributed by atoms with E-state index in [1.165, 1.54) is 231 Å². The quantitative estimate of drug-likeness (QED) is 0.137. The van der Waals surface area contributed by atoms with Crippen LogP contribution in [0, 0.1) is 190 Å². The highest BCUT2D eigenvalue weighted by Crippen LogP contribution is 2.79. The van der Waals surface area contributed by atoms with Gasteiger partial charge < -0.3 is 9.47 Å². The number of rotatable bonds is 18. The van der Waals surface area contributed by atoms with Crippen LogP contribution in [0.25, 0.3) is 0 Å². The highest BCUT2D eigenvalue weighted by atomic mass is 16.5. The third kappa shape index (κ3) is 35.1.